The molecule has 0 aliphatic carbocycles. The molecule has 0 aromatic rings. The number of carbonyl (C=O) groups excluding carboxylic acids is 1. The van der Waals surface area contributed by atoms with Gasteiger partial charge in [-0.1, -0.05) is 62.6 Å². The van der Waals surface area contributed by atoms with E-state index >= 15 is 0 Å². The van der Waals surface area contributed by atoms with Crippen molar-refractivity contribution in [1.82, 2.24) is 0 Å². The van der Waals surface area contributed by atoms with E-state index in [0.717, 1.165) is 44.9 Å². The minimum absolute atomic E-state index is 0.139. The lowest BCUT2D eigenvalue weighted by atomic mass is 10.1. The van der Waals surface area contributed by atoms with Gasteiger partial charge in [0.2, 0.25) is 0 Å². The molecular weight excluding hydrogens is 292 g/mol. The lowest BCUT2D eigenvalue weighted by molar-refractivity contribution is -0.140. The average molecular weight is 324 g/mol. The summed E-state index contributed by atoms with van der Waals surface area (Å²) in [5.41, 5.74) is 0. The number of methoxy groups -OCH3 is 1. The fraction of sp³-hybridized carbons (Fsp3) is 0.632. The molecule has 23 heavy (non-hydrogen) atoms. The van der Waals surface area contributed by atoms with E-state index in [-0.39, 0.29) is 5.97 Å². The van der Waals surface area contributed by atoms with Crippen LogP contribution in [0, 0.1) is 0 Å². The van der Waals surface area contributed by atoms with Gasteiger partial charge in [0.05, 0.1) is 7.11 Å². The van der Waals surface area contributed by atoms with Gasteiger partial charge in [0.15, 0.2) is 0 Å². The number of unbranched alkanes of at least 4 members (excludes halogenated alkanes) is 5. The first-order chi connectivity index (χ1) is 11.1. The van der Waals surface area contributed by atoms with Crippen LogP contribution in [0.25, 0.3) is 0 Å². The molecule has 0 unspecified atom stereocenters. The quantitative estimate of drug-likeness (QED) is 0.235. The van der Waals surface area contributed by atoms with E-state index in [2.05, 4.69) is 4.74 Å². The highest BCUT2D eigenvalue weighted by Crippen LogP contribution is 2.08. The molecule has 2 atom stereocenters. The van der Waals surface area contributed by atoms with E-state index < -0.39 is 12.2 Å². The van der Waals surface area contributed by atoms with Crippen LogP contribution in [0.5, 0.6) is 0 Å². The molecule has 0 saturated carbocycles. The Hall–Kier alpha value is -1.39. The van der Waals surface area contributed by atoms with Crippen LogP contribution in [0.15, 0.2) is 36.5 Å². The van der Waals surface area contributed by atoms with Crippen molar-refractivity contribution in [2.75, 3.05) is 7.11 Å². The van der Waals surface area contributed by atoms with E-state index in [1.54, 1.807) is 18.2 Å². The smallest absolute Gasteiger partial charge is 0.305 e. The van der Waals surface area contributed by atoms with Gasteiger partial charge in [-0.15, -0.1) is 0 Å². The summed E-state index contributed by atoms with van der Waals surface area (Å²) in [5.74, 6) is -0.139. The molecule has 0 rings (SSSR count). The standard InChI is InChI=1S/C19H32O4/c1-3-4-5-11-14-17(20)18(21)15-12-9-7-6-8-10-13-16-19(22)23-2/h4-5,11-12,14-15,17-18,20-21H,3,6-10,13,16H2,1-2H3/b5-4-,14-11+,15-12-/t17-,18-/m1/s1. The summed E-state index contributed by atoms with van der Waals surface area (Å²) in [6.07, 6.45) is 16.5. The number of aliphatic hydroxyl groups excluding tert-OH is 2. The van der Waals surface area contributed by atoms with Crippen LogP contribution in [0.2, 0.25) is 0 Å². The second-order valence-electron chi connectivity index (χ2n) is 5.51. The molecule has 0 saturated heterocycles. The Morgan fingerprint density at radius 1 is 0.957 bits per heavy atom. The number of allylic oxidation sites excluding steroid dienone is 4. The number of hydrogen-bond donors (Lipinski definition) is 2. The van der Waals surface area contributed by atoms with Crippen LogP contribution in [0.1, 0.15) is 58.3 Å². The predicted molar refractivity (Wildman–Crippen MR) is 94.1 cm³/mol. The fourth-order valence-electron chi connectivity index (χ4n) is 2.02. The normalized spacial score (nSPS) is 14.8. The number of rotatable bonds is 13. The van der Waals surface area contributed by atoms with Crippen LogP contribution in [-0.2, 0) is 9.53 Å². The molecule has 0 aromatic heterocycles. The lowest BCUT2D eigenvalue weighted by Crippen LogP contribution is -2.20. The molecule has 132 valence electrons. The third kappa shape index (κ3) is 14.0. The zero-order valence-electron chi connectivity index (χ0n) is 14.5. The Bertz CT molecular complexity index is 372. The molecule has 0 bridgehead atoms. The van der Waals surface area contributed by atoms with Crippen LogP contribution in [-0.4, -0.2) is 35.5 Å². The van der Waals surface area contributed by atoms with E-state index in [4.69, 9.17) is 0 Å². The van der Waals surface area contributed by atoms with Crippen molar-refractivity contribution in [3.8, 4) is 0 Å². The molecule has 0 radical (unpaired) electrons. The fourth-order valence-corrected chi connectivity index (χ4v) is 2.02. The molecule has 0 heterocycles. The monoisotopic (exact) mass is 324 g/mol. The van der Waals surface area contributed by atoms with Gasteiger partial charge < -0.3 is 14.9 Å². The first-order valence-corrected chi connectivity index (χ1v) is 8.54. The van der Waals surface area contributed by atoms with E-state index in [1.807, 2.05) is 25.2 Å². The van der Waals surface area contributed by atoms with Crippen molar-refractivity contribution < 1.29 is 19.7 Å². The Balaban J connectivity index is 3.63. The molecule has 0 fully saturated rings. The predicted octanol–water partition coefficient (Wildman–Crippen LogP) is 3.69. The highest BCUT2D eigenvalue weighted by molar-refractivity contribution is 5.68. The Labute approximate surface area is 140 Å². The number of ether oxygens (including phenoxy) is 1. The average Bonchev–Trinajstić information content (AvgIpc) is 2.56. The van der Waals surface area contributed by atoms with Crippen molar-refractivity contribution in [2.24, 2.45) is 0 Å². The van der Waals surface area contributed by atoms with E-state index in [0.29, 0.717) is 6.42 Å². The maximum Gasteiger partial charge on any atom is 0.305 e. The number of hydrogen-bond acceptors (Lipinski definition) is 4. The van der Waals surface area contributed by atoms with E-state index in [9.17, 15) is 15.0 Å². The van der Waals surface area contributed by atoms with Gasteiger partial charge >= 0.3 is 5.97 Å². The maximum absolute atomic E-state index is 10.9. The number of aliphatic hydroxyl groups is 2. The molecule has 4 heteroatoms. The molecule has 0 aliphatic heterocycles. The Morgan fingerprint density at radius 2 is 1.61 bits per heavy atom. The van der Waals surface area contributed by atoms with Gasteiger partial charge in [-0.05, 0) is 25.7 Å². The first-order valence-electron chi connectivity index (χ1n) is 8.54. The van der Waals surface area contributed by atoms with Gasteiger partial charge in [0.1, 0.15) is 12.2 Å². The van der Waals surface area contributed by atoms with Crippen molar-refractivity contribution in [3.63, 3.8) is 0 Å². The van der Waals surface area contributed by atoms with Crippen molar-refractivity contribution >= 4 is 5.97 Å². The SMILES string of the molecule is CC/C=C\C=C\[C@@H](O)[C@H](O)/C=C\CCCCCCCC(=O)OC. The molecule has 2 N–H and O–H groups in total. The highest BCUT2D eigenvalue weighted by Gasteiger charge is 2.07. The largest absolute Gasteiger partial charge is 0.469 e. The summed E-state index contributed by atoms with van der Waals surface area (Å²) >= 11 is 0. The summed E-state index contributed by atoms with van der Waals surface area (Å²) in [7, 11) is 1.41. The number of esters is 1. The summed E-state index contributed by atoms with van der Waals surface area (Å²) in [5, 5.41) is 19.5. The van der Waals surface area contributed by atoms with Crippen molar-refractivity contribution in [2.45, 2.75) is 70.5 Å². The maximum atomic E-state index is 10.9. The first kappa shape index (κ1) is 21.6. The Kier molecular flexibility index (Phi) is 14.6. The van der Waals surface area contributed by atoms with Crippen molar-refractivity contribution in [1.29, 1.82) is 0 Å². The molecule has 0 amide bonds. The van der Waals surface area contributed by atoms with Crippen LogP contribution >= 0.6 is 0 Å². The lowest BCUT2D eigenvalue weighted by Gasteiger charge is -2.09. The molecule has 0 spiro atoms. The van der Waals surface area contributed by atoms with Gasteiger partial charge in [0, 0.05) is 6.42 Å². The molecule has 0 aliphatic rings. The van der Waals surface area contributed by atoms with Gasteiger partial charge in [-0.2, -0.15) is 0 Å². The minimum atomic E-state index is -0.869. The zero-order chi connectivity index (χ0) is 17.3. The number of carbonyl (C=O) groups is 1. The zero-order valence-corrected chi connectivity index (χ0v) is 14.5. The van der Waals surface area contributed by atoms with Crippen LogP contribution in [0.4, 0.5) is 0 Å². The second kappa shape index (κ2) is 15.5. The topological polar surface area (TPSA) is 66.8 Å². The third-order valence-corrected chi connectivity index (χ3v) is 3.45. The summed E-state index contributed by atoms with van der Waals surface area (Å²) in [6, 6.07) is 0. The van der Waals surface area contributed by atoms with Crippen LogP contribution in [0.3, 0.4) is 0 Å². The van der Waals surface area contributed by atoms with Crippen LogP contribution < -0.4 is 0 Å². The highest BCUT2D eigenvalue weighted by atomic mass is 16.5. The third-order valence-electron chi connectivity index (χ3n) is 3.45. The summed E-state index contributed by atoms with van der Waals surface area (Å²) < 4.78 is 4.59. The van der Waals surface area contributed by atoms with Gasteiger partial charge in [-0.25, -0.2) is 0 Å². The molecule has 4 nitrogen and oxygen atoms in total. The summed E-state index contributed by atoms with van der Waals surface area (Å²) in [6.45, 7) is 2.04. The second-order valence-corrected chi connectivity index (χ2v) is 5.51. The van der Waals surface area contributed by atoms with Gasteiger partial charge in [0.25, 0.3) is 0 Å². The summed E-state index contributed by atoms with van der Waals surface area (Å²) in [4.78, 5) is 10.9. The molecular formula is C19H32O4. The Morgan fingerprint density at radius 3 is 2.30 bits per heavy atom. The van der Waals surface area contributed by atoms with Gasteiger partial charge in [-0.3, -0.25) is 4.79 Å². The van der Waals surface area contributed by atoms with Crippen molar-refractivity contribution in [3.05, 3.63) is 36.5 Å². The van der Waals surface area contributed by atoms with E-state index in [1.165, 1.54) is 7.11 Å². The minimum Gasteiger partial charge on any atom is -0.469 e. The molecule has 0 aromatic carbocycles.